The first-order valence-electron chi connectivity index (χ1n) is 5.04. The Morgan fingerprint density at radius 1 is 1.72 bits per heavy atom. The van der Waals surface area contributed by atoms with Gasteiger partial charge in [-0.05, 0) is 0 Å². The summed E-state index contributed by atoms with van der Waals surface area (Å²) in [4.78, 5) is 30.9. The molecule has 4 N–H and O–H groups in total. The highest BCUT2D eigenvalue weighted by molar-refractivity contribution is 7.13. The van der Waals surface area contributed by atoms with Gasteiger partial charge < -0.3 is 21.0 Å². The summed E-state index contributed by atoms with van der Waals surface area (Å²) in [7, 11) is 0. The number of amides is 1. The third-order valence-corrected chi connectivity index (χ3v) is 2.91. The van der Waals surface area contributed by atoms with Crippen LogP contribution in [0.3, 0.4) is 0 Å². The second kappa shape index (κ2) is 5.00. The van der Waals surface area contributed by atoms with E-state index in [-0.39, 0.29) is 22.4 Å². The number of aliphatic carboxylic acids is 1. The molecule has 1 atom stereocenters. The lowest BCUT2D eigenvalue weighted by molar-refractivity contribution is -0.131. The van der Waals surface area contributed by atoms with Gasteiger partial charge >= 0.3 is 5.97 Å². The minimum absolute atomic E-state index is 0.114. The number of carbonyl (C=O) groups excluding carboxylic acids is 1. The Morgan fingerprint density at radius 3 is 3.00 bits per heavy atom. The first-order valence-corrected chi connectivity index (χ1v) is 5.92. The average molecular weight is 270 g/mol. The number of hydrogen-bond donors (Lipinski definition) is 3. The summed E-state index contributed by atoms with van der Waals surface area (Å²) >= 11 is 1.10. The number of nitrogens with one attached hydrogen (secondary N) is 1. The fourth-order valence-electron chi connectivity index (χ4n) is 1.38. The maximum absolute atomic E-state index is 11.2. The van der Waals surface area contributed by atoms with Crippen LogP contribution in [-0.2, 0) is 14.4 Å². The first kappa shape index (κ1) is 12.3. The van der Waals surface area contributed by atoms with Crippen molar-refractivity contribution in [3.8, 4) is 0 Å². The van der Waals surface area contributed by atoms with Crippen LogP contribution in [0.5, 0.6) is 0 Å². The molecule has 0 aromatic carbocycles. The Morgan fingerprint density at radius 2 is 2.50 bits per heavy atom. The highest BCUT2D eigenvalue weighted by atomic mass is 32.1. The average Bonchev–Trinajstić information content (AvgIpc) is 2.89. The molecule has 1 aromatic heterocycles. The van der Waals surface area contributed by atoms with Crippen molar-refractivity contribution in [1.29, 1.82) is 0 Å². The van der Waals surface area contributed by atoms with Crippen LogP contribution in [-0.4, -0.2) is 40.3 Å². The summed E-state index contributed by atoms with van der Waals surface area (Å²) < 4.78 is 0. The molecule has 96 valence electrons. The summed E-state index contributed by atoms with van der Waals surface area (Å²) in [5.74, 6) is -1.60. The van der Waals surface area contributed by atoms with Crippen LogP contribution < -0.4 is 11.1 Å². The van der Waals surface area contributed by atoms with Crippen molar-refractivity contribution in [2.24, 2.45) is 5.16 Å². The molecule has 1 amide bonds. The van der Waals surface area contributed by atoms with Gasteiger partial charge in [0.2, 0.25) is 11.8 Å². The zero-order chi connectivity index (χ0) is 13.1. The maximum Gasteiger partial charge on any atom is 0.360 e. The zero-order valence-corrected chi connectivity index (χ0v) is 9.94. The lowest BCUT2D eigenvalue weighted by Crippen LogP contribution is -2.25. The number of aromatic nitrogens is 1. The molecule has 1 fully saturated rings. The Labute approximate surface area is 105 Å². The van der Waals surface area contributed by atoms with Crippen molar-refractivity contribution >= 4 is 34.1 Å². The second-order valence-corrected chi connectivity index (χ2v) is 4.38. The molecule has 8 nitrogen and oxygen atoms in total. The Balaban J connectivity index is 2.15. The van der Waals surface area contributed by atoms with E-state index in [0.717, 1.165) is 11.3 Å². The number of rotatable bonds is 4. The van der Waals surface area contributed by atoms with Crippen LogP contribution >= 0.6 is 11.3 Å². The second-order valence-electron chi connectivity index (χ2n) is 3.49. The van der Waals surface area contributed by atoms with E-state index >= 15 is 0 Å². The van der Waals surface area contributed by atoms with Crippen molar-refractivity contribution in [2.45, 2.75) is 12.5 Å². The van der Waals surface area contributed by atoms with Crippen LogP contribution in [0.1, 0.15) is 12.1 Å². The van der Waals surface area contributed by atoms with Gasteiger partial charge in [0.25, 0.3) is 5.91 Å². The summed E-state index contributed by atoms with van der Waals surface area (Å²) in [6, 6.07) is 0. The van der Waals surface area contributed by atoms with Gasteiger partial charge in [-0.1, -0.05) is 5.16 Å². The van der Waals surface area contributed by atoms with Gasteiger partial charge in [-0.2, -0.15) is 0 Å². The number of nitrogens with two attached hydrogens (primary N) is 1. The van der Waals surface area contributed by atoms with Crippen molar-refractivity contribution in [2.75, 3.05) is 12.3 Å². The molecule has 1 aliphatic rings. The van der Waals surface area contributed by atoms with Gasteiger partial charge in [-0.15, -0.1) is 11.3 Å². The summed E-state index contributed by atoms with van der Waals surface area (Å²) in [5.41, 5.74) is 5.15. The lowest BCUT2D eigenvalue weighted by atomic mass is 10.3. The molecule has 1 saturated heterocycles. The third-order valence-electron chi connectivity index (χ3n) is 2.24. The highest BCUT2D eigenvalue weighted by Crippen LogP contribution is 2.13. The number of thiazole rings is 1. The van der Waals surface area contributed by atoms with Gasteiger partial charge in [0.15, 0.2) is 5.13 Å². The number of oxime groups is 1. The number of nitrogens with zero attached hydrogens (tertiary/aromatic N) is 2. The number of hydrogen-bond acceptors (Lipinski definition) is 7. The van der Waals surface area contributed by atoms with Crippen LogP contribution in [0, 0.1) is 0 Å². The monoisotopic (exact) mass is 270 g/mol. The lowest BCUT2D eigenvalue weighted by Gasteiger charge is -2.04. The van der Waals surface area contributed by atoms with Crippen molar-refractivity contribution in [3.63, 3.8) is 0 Å². The van der Waals surface area contributed by atoms with Crippen LogP contribution in [0.25, 0.3) is 0 Å². The van der Waals surface area contributed by atoms with E-state index in [4.69, 9.17) is 15.7 Å². The topological polar surface area (TPSA) is 127 Å². The molecule has 1 aliphatic heterocycles. The van der Waals surface area contributed by atoms with Gasteiger partial charge in [-0.25, -0.2) is 9.78 Å². The SMILES string of the molecule is Nc1nc(/C(=N/O[C@H]2CCNC2=O)C(=O)O)cs1. The Kier molecular flexibility index (Phi) is 3.42. The van der Waals surface area contributed by atoms with E-state index in [9.17, 15) is 9.59 Å². The number of carboxylic acid groups (broad SMARTS) is 1. The molecule has 18 heavy (non-hydrogen) atoms. The molecule has 0 aliphatic carbocycles. The van der Waals surface area contributed by atoms with Gasteiger partial charge in [0.1, 0.15) is 5.69 Å². The molecule has 0 bridgehead atoms. The van der Waals surface area contributed by atoms with Crippen molar-refractivity contribution in [3.05, 3.63) is 11.1 Å². The molecule has 2 rings (SSSR count). The molecular weight excluding hydrogens is 260 g/mol. The van der Waals surface area contributed by atoms with Gasteiger partial charge in [-0.3, -0.25) is 4.79 Å². The predicted octanol–water partition coefficient (Wildman–Crippen LogP) is -0.581. The Hall–Kier alpha value is -2.16. The molecular formula is C9H10N4O4S. The van der Waals surface area contributed by atoms with Crippen molar-refractivity contribution in [1.82, 2.24) is 10.3 Å². The highest BCUT2D eigenvalue weighted by Gasteiger charge is 2.27. The van der Waals surface area contributed by atoms with E-state index in [1.807, 2.05) is 0 Å². The van der Waals surface area contributed by atoms with Gasteiger partial charge in [0.05, 0.1) is 0 Å². The zero-order valence-electron chi connectivity index (χ0n) is 9.12. The summed E-state index contributed by atoms with van der Waals surface area (Å²) in [6.45, 7) is 0.491. The molecule has 1 aromatic rings. The number of carbonyl (C=O) groups is 2. The van der Waals surface area contributed by atoms with Crippen LogP contribution in [0.2, 0.25) is 0 Å². The van der Waals surface area contributed by atoms with E-state index in [2.05, 4.69) is 15.5 Å². The minimum Gasteiger partial charge on any atom is -0.476 e. The predicted molar refractivity (Wildman–Crippen MR) is 63.2 cm³/mol. The third kappa shape index (κ3) is 2.56. The van der Waals surface area contributed by atoms with E-state index in [0.29, 0.717) is 13.0 Å². The molecule has 0 unspecified atom stereocenters. The molecule has 0 saturated carbocycles. The van der Waals surface area contributed by atoms with Gasteiger partial charge in [0, 0.05) is 18.3 Å². The quantitative estimate of drug-likeness (QED) is 0.496. The van der Waals surface area contributed by atoms with Crippen molar-refractivity contribution < 1.29 is 19.5 Å². The molecule has 2 heterocycles. The smallest absolute Gasteiger partial charge is 0.360 e. The van der Waals surface area contributed by atoms with Crippen LogP contribution in [0.4, 0.5) is 5.13 Å². The molecule has 0 spiro atoms. The van der Waals surface area contributed by atoms with E-state index < -0.39 is 12.1 Å². The minimum atomic E-state index is -1.29. The molecule has 0 radical (unpaired) electrons. The Bertz CT molecular complexity index is 512. The standard InChI is InChI=1S/C9H10N4O4S/c10-9-12-4(3-18-9)6(8(15)16)13-17-5-1-2-11-7(5)14/h3,5H,1-2H2,(H2,10,12)(H,11,14)(H,15,16)/b13-6-/t5-/m0/s1. The number of carboxylic acids is 1. The normalized spacial score (nSPS) is 19.7. The summed E-state index contributed by atoms with van der Waals surface area (Å²) in [6.07, 6.45) is -0.302. The number of nitrogen functional groups attached to an aromatic ring is 1. The van der Waals surface area contributed by atoms with E-state index in [1.165, 1.54) is 5.38 Å². The summed E-state index contributed by atoms with van der Waals surface area (Å²) in [5, 5.41) is 16.7. The first-order chi connectivity index (χ1) is 8.58. The number of anilines is 1. The fourth-order valence-corrected chi connectivity index (χ4v) is 1.93. The maximum atomic E-state index is 11.2. The van der Waals surface area contributed by atoms with Crippen LogP contribution in [0.15, 0.2) is 10.5 Å². The largest absolute Gasteiger partial charge is 0.476 e. The fraction of sp³-hybridized carbons (Fsp3) is 0.333. The van der Waals surface area contributed by atoms with E-state index in [1.54, 1.807) is 0 Å². The molecule has 9 heteroatoms.